The van der Waals surface area contributed by atoms with Gasteiger partial charge in [0.25, 0.3) is 0 Å². The van der Waals surface area contributed by atoms with Gasteiger partial charge in [0.2, 0.25) is 5.91 Å². The molecule has 0 fully saturated rings. The second kappa shape index (κ2) is 8.55. The van der Waals surface area contributed by atoms with Crippen molar-refractivity contribution in [2.75, 3.05) is 12.3 Å². The molecule has 0 aromatic rings. The second-order valence-corrected chi connectivity index (χ2v) is 3.66. The maximum atomic E-state index is 11.1. The number of hydrogen-bond acceptors (Lipinski definition) is 4. The minimum atomic E-state index is -1.00. The van der Waals surface area contributed by atoms with Gasteiger partial charge in [0.05, 0.1) is 0 Å². The Morgan fingerprint density at radius 3 is 2.53 bits per heavy atom. The third kappa shape index (κ3) is 7.21. The number of rotatable bonds is 8. The molecule has 0 aromatic heterocycles. The Morgan fingerprint density at radius 1 is 1.40 bits per heavy atom. The zero-order valence-electron chi connectivity index (χ0n) is 8.61. The van der Waals surface area contributed by atoms with Crippen LogP contribution in [-0.4, -0.2) is 35.3 Å². The number of unbranched alkanes of at least 4 members (excludes halogenated alkanes) is 1. The molecular formula is C9H18N2O3S. The van der Waals surface area contributed by atoms with Crippen molar-refractivity contribution in [3.8, 4) is 0 Å². The van der Waals surface area contributed by atoms with Crippen LogP contribution >= 0.6 is 12.6 Å². The highest BCUT2D eigenvalue weighted by molar-refractivity contribution is 7.80. The maximum Gasteiger partial charge on any atom is 0.326 e. The molecule has 0 aliphatic carbocycles. The molecule has 0 rings (SSSR count). The van der Waals surface area contributed by atoms with Crippen molar-refractivity contribution in [3.63, 3.8) is 0 Å². The van der Waals surface area contributed by atoms with E-state index in [0.717, 1.165) is 6.42 Å². The highest BCUT2D eigenvalue weighted by atomic mass is 32.1. The predicted octanol–water partition coefficient (Wildman–Crippen LogP) is 0.00470. The first-order valence-corrected chi connectivity index (χ1v) is 5.58. The number of thiol groups is 1. The number of carboxylic acid groups (broad SMARTS) is 1. The fourth-order valence-electron chi connectivity index (χ4n) is 1.12. The van der Waals surface area contributed by atoms with E-state index < -0.39 is 12.0 Å². The van der Waals surface area contributed by atoms with Crippen LogP contribution in [0.1, 0.15) is 25.7 Å². The Labute approximate surface area is 94.8 Å². The van der Waals surface area contributed by atoms with Gasteiger partial charge < -0.3 is 16.2 Å². The number of hydrogen-bond donors (Lipinski definition) is 4. The average molecular weight is 234 g/mol. The largest absolute Gasteiger partial charge is 0.480 e. The van der Waals surface area contributed by atoms with Gasteiger partial charge in [0, 0.05) is 6.42 Å². The molecule has 0 saturated heterocycles. The van der Waals surface area contributed by atoms with Crippen molar-refractivity contribution in [2.45, 2.75) is 31.7 Å². The van der Waals surface area contributed by atoms with Gasteiger partial charge in [-0.15, -0.1) is 0 Å². The van der Waals surface area contributed by atoms with Crippen molar-refractivity contribution >= 4 is 24.5 Å². The van der Waals surface area contributed by atoms with E-state index in [-0.39, 0.29) is 12.3 Å². The molecule has 88 valence electrons. The Hall–Kier alpha value is -0.750. The first-order valence-electron chi connectivity index (χ1n) is 4.95. The summed E-state index contributed by atoms with van der Waals surface area (Å²) in [6, 6.07) is -0.802. The number of aliphatic carboxylic acids is 1. The fourth-order valence-corrected chi connectivity index (χ4v) is 1.32. The topological polar surface area (TPSA) is 92.4 Å². The number of carbonyl (C=O) groups excluding carboxylic acids is 1. The molecule has 1 atom stereocenters. The van der Waals surface area contributed by atoms with Crippen LogP contribution in [0.4, 0.5) is 0 Å². The quantitative estimate of drug-likeness (QED) is 0.351. The molecule has 0 aliphatic rings. The molecule has 0 saturated carbocycles. The van der Waals surface area contributed by atoms with E-state index in [1.165, 1.54) is 0 Å². The van der Waals surface area contributed by atoms with E-state index in [9.17, 15) is 9.59 Å². The lowest BCUT2D eigenvalue weighted by Crippen LogP contribution is -2.40. The molecule has 0 aromatic carbocycles. The zero-order valence-corrected chi connectivity index (χ0v) is 9.50. The molecule has 0 spiro atoms. The summed E-state index contributed by atoms with van der Waals surface area (Å²) in [5, 5.41) is 11.3. The fraction of sp³-hybridized carbons (Fsp3) is 0.778. The zero-order chi connectivity index (χ0) is 11.7. The summed E-state index contributed by atoms with van der Waals surface area (Å²) in [6.45, 7) is 0.539. The molecule has 4 N–H and O–H groups in total. The number of nitrogens with one attached hydrogen (secondary N) is 1. The molecule has 0 aliphatic heterocycles. The van der Waals surface area contributed by atoms with E-state index in [4.69, 9.17) is 10.8 Å². The van der Waals surface area contributed by atoms with Crippen molar-refractivity contribution in [1.29, 1.82) is 0 Å². The van der Waals surface area contributed by atoms with Gasteiger partial charge in [-0.25, -0.2) is 4.79 Å². The van der Waals surface area contributed by atoms with E-state index in [2.05, 4.69) is 17.9 Å². The summed E-state index contributed by atoms with van der Waals surface area (Å²) in [7, 11) is 0. The van der Waals surface area contributed by atoms with Crippen LogP contribution in [0.15, 0.2) is 0 Å². The van der Waals surface area contributed by atoms with Crippen LogP contribution in [0.3, 0.4) is 0 Å². The molecule has 6 heteroatoms. The highest BCUT2D eigenvalue weighted by Gasteiger charge is 2.18. The Bertz CT molecular complexity index is 212. The molecule has 1 unspecified atom stereocenters. The van der Waals surface area contributed by atoms with Gasteiger partial charge in [-0.3, -0.25) is 4.79 Å². The van der Waals surface area contributed by atoms with Crippen LogP contribution in [0.25, 0.3) is 0 Å². The normalized spacial score (nSPS) is 12.1. The predicted molar refractivity (Wildman–Crippen MR) is 60.9 cm³/mol. The van der Waals surface area contributed by atoms with Gasteiger partial charge in [-0.1, -0.05) is 0 Å². The standard InChI is InChI=1S/C9H18N2O3S/c10-5-2-1-3-7(9(13)14)11-8(12)4-6-15/h7,15H,1-6,10H2,(H,11,12)(H,13,14). The van der Waals surface area contributed by atoms with Crippen LogP contribution in [-0.2, 0) is 9.59 Å². The highest BCUT2D eigenvalue weighted by Crippen LogP contribution is 2.01. The molecule has 15 heavy (non-hydrogen) atoms. The van der Waals surface area contributed by atoms with E-state index in [0.29, 0.717) is 25.1 Å². The van der Waals surface area contributed by atoms with Gasteiger partial charge in [-0.2, -0.15) is 12.6 Å². The van der Waals surface area contributed by atoms with Crippen LogP contribution in [0, 0.1) is 0 Å². The molecule has 0 bridgehead atoms. The SMILES string of the molecule is NCCCCC(NC(=O)CCS)C(=O)O. The van der Waals surface area contributed by atoms with E-state index >= 15 is 0 Å². The number of carboxylic acids is 1. The smallest absolute Gasteiger partial charge is 0.326 e. The molecule has 1 amide bonds. The summed E-state index contributed by atoms with van der Waals surface area (Å²) in [5.41, 5.74) is 5.29. The summed E-state index contributed by atoms with van der Waals surface area (Å²) >= 11 is 3.90. The second-order valence-electron chi connectivity index (χ2n) is 3.22. The maximum absolute atomic E-state index is 11.1. The lowest BCUT2D eigenvalue weighted by Gasteiger charge is -2.13. The average Bonchev–Trinajstić information content (AvgIpc) is 2.16. The Morgan fingerprint density at radius 2 is 2.07 bits per heavy atom. The summed E-state index contributed by atoms with van der Waals surface area (Å²) in [6.07, 6.45) is 2.13. The van der Waals surface area contributed by atoms with Gasteiger partial charge in [-0.05, 0) is 31.6 Å². The number of nitrogens with two attached hydrogens (primary N) is 1. The molecule has 0 radical (unpaired) electrons. The first kappa shape index (κ1) is 14.2. The van der Waals surface area contributed by atoms with Crippen LogP contribution in [0.2, 0.25) is 0 Å². The van der Waals surface area contributed by atoms with Gasteiger partial charge in [0.15, 0.2) is 0 Å². The number of carbonyl (C=O) groups is 2. The summed E-state index contributed by atoms with van der Waals surface area (Å²) in [5.74, 6) is -0.856. The number of amides is 1. The van der Waals surface area contributed by atoms with E-state index in [1.807, 2.05) is 0 Å². The summed E-state index contributed by atoms with van der Waals surface area (Å²) in [4.78, 5) is 21.9. The lowest BCUT2D eigenvalue weighted by atomic mass is 10.1. The molecular weight excluding hydrogens is 216 g/mol. The van der Waals surface area contributed by atoms with Crippen molar-refractivity contribution in [1.82, 2.24) is 5.32 Å². The van der Waals surface area contributed by atoms with Crippen molar-refractivity contribution < 1.29 is 14.7 Å². The lowest BCUT2D eigenvalue weighted by molar-refractivity contribution is -0.142. The van der Waals surface area contributed by atoms with Crippen LogP contribution in [0.5, 0.6) is 0 Å². The molecule has 0 heterocycles. The minimum absolute atomic E-state index is 0.240. The monoisotopic (exact) mass is 234 g/mol. The Balaban J connectivity index is 3.93. The van der Waals surface area contributed by atoms with Crippen molar-refractivity contribution in [3.05, 3.63) is 0 Å². The third-order valence-electron chi connectivity index (χ3n) is 1.92. The third-order valence-corrected chi connectivity index (χ3v) is 2.14. The molecule has 5 nitrogen and oxygen atoms in total. The van der Waals surface area contributed by atoms with Crippen LogP contribution < -0.4 is 11.1 Å². The first-order chi connectivity index (χ1) is 7.11. The summed E-state index contributed by atoms with van der Waals surface area (Å²) < 4.78 is 0. The minimum Gasteiger partial charge on any atom is -0.480 e. The van der Waals surface area contributed by atoms with Gasteiger partial charge >= 0.3 is 5.97 Å². The van der Waals surface area contributed by atoms with Crippen molar-refractivity contribution in [2.24, 2.45) is 5.73 Å². The Kier molecular flexibility index (Phi) is 8.12. The van der Waals surface area contributed by atoms with Gasteiger partial charge in [0.1, 0.15) is 6.04 Å². The van der Waals surface area contributed by atoms with E-state index in [1.54, 1.807) is 0 Å².